The van der Waals surface area contributed by atoms with Gasteiger partial charge in [0.1, 0.15) is 5.65 Å². The predicted molar refractivity (Wildman–Crippen MR) is 130 cm³/mol. The van der Waals surface area contributed by atoms with Gasteiger partial charge in [-0.05, 0) is 36.7 Å². The summed E-state index contributed by atoms with van der Waals surface area (Å²) in [5, 5.41) is 1.08. The van der Waals surface area contributed by atoms with Crippen LogP contribution in [-0.2, 0) is 6.54 Å². The second kappa shape index (κ2) is 8.69. The average molecular weight is 425 g/mol. The molecular weight excluding hydrogens is 396 g/mol. The number of nitrogens with zero attached hydrogens (tertiary/aromatic N) is 3. The number of aromatic amines is 1. The third-order valence-electron chi connectivity index (χ3n) is 6.42. The summed E-state index contributed by atoms with van der Waals surface area (Å²) in [5.41, 5.74) is 7.37. The number of hydrogen-bond acceptors (Lipinski definition) is 4. The molecule has 0 saturated carbocycles. The summed E-state index contributed by atoms with van der Waals surface area (Å²) in [6.45, 7) is 7.13. The molecular formula is C27H28N4O. The molecule has 0 amide bonds. The van der Waals surface area contributed by atoms with Gasteiger partial charge in [0.15, 0.2) is 5.78 Å². The quantitative estimate of drug-likeness (QED) is 0.466. The number of hydrogen-bond donors (Lipinski definition) is 1. The molecule has 1 N–H and O–H groups in total. The van der Waals surface area contributed by atoms with Crippen LogP contribution in [0.3, 0.4) is 0 Å². The molecule has 2 aromatic heterocycles. The highest BCUT2D eigenvalue weighted by atomic mass is 16.1. The molecule has 5 nitrogen and oxygen atoms in total. The third kappa shape index (κ3) is 4.22. The number of nitrogens with one attached hydrogen (secondary N) is 1. The number of carbonyl (C=O) groups excluding carboxylic acids is 1. The van der Waals surface area contributed by atoms with Crippen molar-refractivity contribution >= 4 is 16.8 Å². The number of pyridine rings is 1. The zero-order valence-corrected chi connectivity index (χ0v) is 18.6. The second-order valence-electron chi connectivity index (χ2n) is 8.73. The van der Waals surface area contributed by atoms with Crippen molar-refractivity contribution in [3.8, 4) is 22.3 Å². The van der Waals surface area contributed by atoms with Gasteiger partial charge in [0.25, 0.3) is 0 Å². The minimum absolute atomic E-state index is 0.0792. The summed E-state index contributed by atoms with van der Waals surface area (Å²) >= 11 is 0. The number of Topliss-reactive ketones (excluding diaryl/α,β-unsaturated/α-hetero) is 1. The molecule has 1 aliphatic heterocycles. The van der Waals surface area contributed by atoms with Crippen LogP contribution in [0.4, 0.5) is 0 Å². The number of carbonyl (C=O) groups is 1. The standard InChI is InChI=1S/C27H28N4O/c1-19(32)21-7-9-23(10-8-21)26-17-29-27-25(26)15-24(16-28-27)22-5-3-20(4-6-22)18-31-13-11-30(2)12-14-31/h3-10,15-17H,11-14,18H2,1-2H3,(H,28,29). The highest BCUT2D eigenvalue weighted by molar-refractivity contribution is 5.97. The van der Waals surface area contributed by atoms with E-state index in [9.17, 15) is 4.79 Å². The van der Waals surface area contributed by atoms with Crippen molar-refractivity contribution in [3.63, 3.8) is 0 Å². The van der Waals surface area contributed by atoms with Crippen LogP contribution in [0.15, 0.2) is 67.0 Å². The summed E-state index contributed by atoms with van der Waals surface area (Å²) in [6, 6.07) is 18.8. The molecule has 1 aliphatic rings. The fraction of sp³-hybridized carbons (Fsp3) is 0.259. The first-order valence-corrected chi connectivity index (χ1v) is 11.2. The van der Waals surface area contributed by atoms with Crippen LogP contribution in [0.2, 0.25) is 0 Å². The average Bonchev–Trinajstić information content (AvgIpc) is 3.24. The maximum Gasteiger partial charge on any atom is 0.159 e. The molecule has 0 radical (unpaired) electrons. The Bertz CT molecular complexity index is 1230. The van der Waals surface area contributed by atoms with Crippen molar-refractivity contribution in [1.29, 1.82) is 0 Å². The third-order valence-corrected chi connectivity index (χ3v) is 6.42. The second-order valence-corrected chi connectivity index (χ2v) is 8.73. The van der Waals surface area contributed by atoms with Crippen LogP contribution in [0.5, 0.6) is 0 Å². The van der Waals surface area contributed by atoms with Gasteiger partial charge in [-0.3, -0.25) is 9.69 Å². The van der Waals surface area contributed by atoms with Crippen LogP contribution in [0.1, 0.15) is 22.8 Å². The number of benzene rings is 2. The maximum atomic E-state index is 11.6. The van der Waals surface area contributed by atoms with Gasteiger partial charge in [-0.2, -0.15) is 0 Å². The highest BCUT2D eigenvalue weighted by Gasteiger charge is 2.14. The molecule has 0 atom stereocenters. The van der Waals surface area contributed by atoms with Gasteiger partial charge in [0.2, 0.25) is 0 Å². The Hall–Kier alpha value is -3.28. The Morgan fingerprint density at radius 3 is 2.31 bits per heavy atom. The van der Waals surface area contributed by atoms with E-state index in [0.717, 1.165) is 66.0 Å². The Morgan fingerprint density at radius 1 is 0.938 bits per heavy atom. The Kier molecular flexibility index (Phi) is 5.60. The Balaban J connectivity index is 1.38. The Morgan fingerprint density at radius 2 is 1.62 bits per heavy atom. The molecule has 5 rings (SSSR count). The molecule has 0 bridgehead atoms. The number of aromatic nitrogens is 2. The van der Waals surface area contributed by atoms with Crippen molar-refractivity contribution in [1.82, 2.24) is 19.8 Å². The first kappa shape index (κ1) is 20.6. The van der Waals surface area contributed by atoms with E-state index in [2.05, 4.69) is 57.1 Å². The summed E-state index contributed by atoms with van der Waals surface area (Å²) in [7, 11) is 2.19. The summed E-state index contributed by atoms with van der Waals surface area (Å²) in [4.78, 5) is 24.4. The van der Waals surface area contributed by atoms with E-state index >= 15 is 0 Å². The molecule has 3 heterocycles. The molecule has 0 spiro atoms. The van der Waals surface area contributed by atoms with Crippen molar-refractivity contribution in [3.05, 3.63) is 78.1 Å². The number of fused-ring (bicyclic) bond motifs is 1. The highest BCUT2D eigenvalue weighted by Crippen LogP contribution is 2.31. The van der Waals surface area contributed by atoms with E-state index in [4.69, 9.17) is 0 Å². The van der Waals surface area contributed by atoms with Gasteiger partial charge in [0.05, 0.1) is 0 Å². The van der Waals surface area contributed by atoms with Crippen molar-refractivity contribution < 1.29 is 4.79 Å². The molecule has 0 aliphatic carbocycles. The molecule has 32 heavy (non-hydrogen) atoms. The Labute approximate surface area is 188 Å². The van der Waals surface area contributed by atoms with E-state index < -0.39 is 0 Å². The van der Waals surface area contributed by atoms with Gasteiger partial charge in [0, 0.05) is 67.2 Å². The van der Waals surface area contributed by atoms with E-state index in [1.807, 2.05) is 36.7 Å². The summed E-state index contributed by atoms with van der Waals surface area (Å²) in [6.07, 6.45) is 3.92. The van der Waals surface area contributed by atoms with Crippen molar-refractivity contribution in [2.45, 2.75) is 13.5 Å². The summed E-state index contributed by atoms with van der Waals surface area (Å²) in [5.74, 6) is 0.0792. The van der Waals surface area contributed by atoms with Gasteiger partial charge in [-0.1, -0.05) is 48.5 Å². The van der Waals surface area contributed by atoms with Gasteiger partial charge in [-0.25, -0.2) is 4.98 Å². The smallest absolute Gasteiger partial charge is 0.159 e. The molecule has 0 unspecified atom stereocenters. The van der Waals surface area contributed by atoms with Crippen LogP contribution < -0.4 is 0 Å². The van der Waals surface area contributed by atoms with Gasteiger partial charge in [-0.15, -0.1) is 0 Å². The number of piperazine rings is 1. The molecule has 1 fully saturated rings. The van der Waals surface area contributed by atoms with Crippen molar-refractivity contribution in [2.75, 3.05) is 33.2 Å². The minimum Gasteiger partial charge on any atom is -0.346 e. The maximum absolute atomic E-state index is 11.6. The zero-order chi connectivity index (χ0) is 22.1. The van der Waals surface area contributed by atoms with Crippen LogP contribution in [0.25, 0.3) is 33.3 Å². The molecule has 4 aromatic rings. The van der Waals surface area contributed by atoms with Gasteiger partial charge < -0.3 is 9.88 Å². The first-order chi connectivity index (χ1) is 15.6. The number of rotatable bonds is 5. The lowest BCUT2D eigenvalue weighted by Gasteiger charge is -2.32. The molecule has 1 saturated heterocycles. The lowest BCUT2D eigenvalue weighted by atomic mass is 10.00. The minimum atomic E-state index is 0.0792. The van der Waals surface area contributed by atoms with E-state index in [0.29, 0.717) is 0 Å². The fourth-order valence-electron chi connectivity index (χ4n) is 4.35. The topological polar surface area (TPSA) is 52.2 Å². The fourth-order valence-corrected chi connectivity index (χ4v) is 4.35. The molecule has 5 heteroatoms. The predicted octanol–water partition coefficient (Wildman–Crippen LogP) is 4.85. The summed E-state index contributed by atoms with van der Waals surface area (Å²) < 4.78 is 0. The number of H-pyrrole nitrogens is 1. The first-order valence-electron chi connectivity index (χ1n) is 11.2. The largest absolute Gasteiger partial charge is 0.346 e. The van der Waals surface area contributed by atoms with Gasteiger partial charge >= 0.3 is 0 Å². The van der Waals surface area contributed by atoms with Crippen LogP contribution >= 0.6 is 0 Å². The normalized spacial score (nSPS) is 15.3. The number of likely N-dealkylation sites (N-methyl/N-ethyl adjacent to an activating group) is 1. The van der Waals surface area contributed by atoms with Crippen LogP contribution in [0, 0.1) is 0 Å². The van der Waals surface area contributed by atoms with E-state index in [1.165, 1.54) is 11.1 Å². The van der Waals surface area contributed by atoms with Crippen molar-refractivity contribution in [2.24, 2.45) is 0 Å². The zero-order valence-electron chi connectivity index (χ0n) is 18.6. The van der Waals surface area contributed by atoms with E-state index in [-0.39, 0.29) is 5.78 Å². The lowest BCUT2D eigenvalue weighted by Crippen LogP contribution is -2.43. The SMILES string of the molecule is CC(=O)c1ccc(-c2c[nH]c3ncc(-c4ccc(CN5CCN(C)CC5)cc4)cc23)cc1. The molecule has 2 aromatic carbocycles. The molecule has 162 valence electrons. The van der Waals surface area contributed by atoms with Crippen LogP contribution in [-0.4, -0.2) is 58.8 Å². The number of ketones is 1. The monoisotopic (exact) mass is 424 g/mol. The van der Waals surface area contributed by atoms with E-state index in [1.54, 1.807) is 6.92 Å². The lowest BCUT2D eigenvalue weighted by molar-refractivity contribution is 0.101.